The molecule has 2 heterocycles. The molecular weight excluding hydrogens is 393 g/mol. The SMILES string of the molecule is C[C@@H](c1nc2ccc(C(=O)O)cc2[nH]1)C1CCC(c2ccnc3ccc(F)cc23)CC1. The highest BCUT2D eigenvalue weighted by Crippen LogP contribution is 2.43. The first-order valence-electron chi connectivity index (χ1n) is 10.8. The minimum Gasteiger partial charge on any atom is -0.478 e. The third kappa shape index (κ3) is 3.67. The van der Waals surface area contributed by atoms with Crippen LogP contribution in [0, 0.1) is 11.7 Å². The van der Waals surface area contributed by atoms with Gasteiger partial charge in [0.2, 0.25) is 0 Å². The molecule has 158 valence electrons. The van der Waals surface area contributed by atoms with Crippen molar-refractivity contribution in [3.05, 3.63) is 71.4 Å². The normalized spacial score (nSPS) is 20.2. The molecule has 0 amide bonds. The van der Waals surface area contributed by atoms with Gasteiger partial charge in [0.05, 0.1) is 22.1 Å². The summed E-state index contributed by atoms with van der Waals surface area (Å²) in [6, 6.07) is 11.8. The highest BCUT2D eigenvalue weighted by molar-refractivity contribution is 5.92. The first-order valence-corrected chi connectivity index (χ1v) is 10.8. The van der Waals surface area contributed by atoms with Crippen LogP contribution in [0.1, 0.15) is 66.2 Å². The van der Waals surface area contributed by atoms with Crippen LogP contribution in [0.3, 0.4) is 0 Å². The summed E-state index contributed by atoms with van der Waals surface area (Å²) in [5.74, 6) is 0.920. The Morgan fingerprint density at radius 1 is 1.10 bits per heavy atom. The fourth-order valence-electron chi connectivity index (χ4n) is 5.03. The van der Waals surface area contributed by atoms with Crippen LogP contribution in [0.5, 0.6) is 0 Å². The number of benzene rings is 2. The van der Waals surface area contributed by atoms with Gasteiger partial charge in [0.1, 0.15) is 11.6 Å². The highest BCUT2D eigenvalue weighted by atomic mass is 19.1. The number of imidazole rings is 1. The molecule has 6 heteroatoms. The second-order valence-electron chi connectivity index (χ2n) is 8.62. The fraction of sp³-hybridized carbons (Fsp3) is 0.320. The second kappa shape index (κ2) is 7.76. The van der Waals surface area contributed by atoms with Gasteiger partial charge in [-0.25, -0.2) is 14.2 Å². The molecule has 4 aromatic rings. The van der Waals surface area contributed by atoms with Crippen molar-refractivity contribution < 1.29 is 14.3 Å². The number of pyridine rings is 1. The third-order valence-corrected chi connectivity index (χ3v) is 6.83. The number of carboxylic acids is 1. The molecule has 5 rings (SSSR count). The smallest absolute Gasteiger partial charge is 0.335 e. The van der Waals surface area contributed by atoms with Crippen molar-refractivity contribution in [3.8, 4) is 0 Å². The van der Waals surface area contributed by atoms with Crippen LogP contribution < -0.4 is 0 Å². The van der Waals surface area contributed by atoms with Crippen molar-refractivity contribution in [1.82, 2.24) is 15.0 Å². The molecule has 1 aliphatic carbocycles. The molecule has 1 saturated carbocycles. The summed E-state index contributed by atoms with van der Waals surface area (Å²) in [6.07, 6.45) is 6.07. The number of carboxylic acid groups (broad SMARTS) is 1. The molecule has 2 aromatic carbocycles. The van der Waals surface area contributed by atoms with Gasteiger partial charge in [-0.1, -0.05) is 6.92 Å². The molecule has 0 bridgehead atoms. The number of hydrogen-bond acceptors (Lipinski definition) is 3. The number of carbonyl (C=O) groups is 1. The number of rotatable bonds is 4. The summed E-state index contributed by atoms with van der Waals surface area (Å²) in [7, 11) is 0. The van der Waals surface area contributed by atoms with Gasteiger partial charge in [-0.05, 0) is 85.5 Å². The zero-order valence-electron chi connectivity index (χ0n) is 17.3. The Balaban J connectivity index is 1.33. The predicted octanol–water partition coefficient (Wildman–Crippen LogP) is 6.03. The lowest BCUT2D eigenvalue weighted by atomic mass is 9.73. The molecule has 0 aliphatic heterocycles. The van der Waals surface area contributed by atoms with Crippen molar-refractivity contribution >= 4 is 27.9 Å². The van der Waals surface area contributed by atoms with E-state index < -0.39 is 5.97 Å². The van der Waals surface area contributed by atoms with Gasteiger partial charge in [-0.2, -0.15) is 0 Å². The maximum Gasteiger partial charge on any atom is 0.335 e. The Morgan fingerprint density at radius 2 is 1.87 bits per heavy atom. The third-order valence-electron chi connectivity index (χ3n) is 6.83. The lowest BCUT2D eigenvalue weighted by molar-refractivity contribution is 0.0697. The monoisotopic (exact) mass is 417 g/mol. The minimum atomic E-state index is -0.937. The number of aromatic amines is 1. The molecule has 0 radical (unpaired) electrons. The topological polar surface area (TPSA) is 78.9 Å². The molecule has 31 heavy (non-hydrogen) atoms. The molecule has 2 N–H and O–H groups in total. The molecule has 5 nitrogen and oxygen atoms in total. The maximum atomic E-state index is 13.8. The predicted molar refractivity (Wildman–Crippen MR) is 118 cm³/mol. The second-order valence-corrected chi connectivity index (χ2v) is 8.62. The molecule has 1 atom stereocenters. The summed E-state index contributed by atoms with van der Waals surface area (Å²) in [6.45, 7) is 2.19. The number of fused-ring (bicyclic) bond motifs is 2. The van der Waals surface area contributed by atoms with E-state index in [0.29, 0.717) is 11.8 Å². The van der Waals surface area contributed by atoms with Crippen LogP contribution in [0.15, 0.2) is 48.7 Å². The lowest BCUT2D eigenvalue weighted by Gasteiger charge is -2.32. The highest BCUT2D eigenvalue weighted by Gasteiger charge is 2.29. The van der Waals surface area contributed by atoms with Gasteiger partial charge in [0, 0.05) is 17.5 Å². The van der Waals surface area contributed by atoms with E-state index in [-0.39, 0.29) is 17.3 Å². The van der Waals surface area contributed by atoms with Crippen molar-refractivity contribution in [3.63, 3.8) is 0 Å². The van der Waals surface area contributed by atoms with Crippen molar-refractivity contribution in [2.24, 2.45) is 5.92 Å². The summed E-state index contributed by atoms with van der Waals surface area (Å²) in [5, 5.41) is 10.1. The zero-order valence-corrected chi connectivity index (χ0v) is 17.3. The Hall–Kier alpha value is -3.28. The van der Waals surface area contributed by atoms with Gasteiger partial charge in [-0.15, -0.1) is 0 Å². The number of aromatic carboxylic acids is 1. The molecule has 1 aliphatic rings. The number of halogens is 1. The Kier molecular flexibility index (Phi) is 4.93. The Morgan fingerprint density at radius 3 is 2.65 bits per heavy atom. The van der Waals surface area contributed by atoms with Crippen LogP contribution in [0.25, 0.3) is 21.9 Å². The zero-order chi connectivity index (χ0) is 21.5. The largest absolute Gasteiger partial charge is 0.478 e. The summed E-state index contributed by atoms with van der Waals surface area (Å²) >= 11 is 0. The maximum absolute atomic E-state index is 13.8. The van der Waals surface area contributed by atoms with Crippen molar-refractivity contribution in [2.45, 2.75) is 44.4 Å². The van der Waals surface area contributed by atoms with Gasteiger partial charge >= 0.3 is 5.97 Å². The van der Waals surface area contributed by atoms with Crippen LogP contribution in [0.4, 0.5) is 4.39 Å². The number of H-pyrrole nitrogens is 1. The standard InChI is InChI=1S/C25H24FN3O2/c1-14(24-28-22-8-6-17(25(30)31)12-23(22)29-24)15-2-4-16(5-3-15)19-10-11-27-21-9-7-18(26)13-20(19)21/h6-16H,2-5H2,1H3,(H,28,29)(H,30,31)/t14-,15?,16?/m1/s1. The number of aromatic nitrogens is 3. The van der Waals surface area contributed by atoms with Crippen LogP contribution in [-0.4, -0.2) is 26.0 Å². The van der Waals surface area contributed by atoms with E-state index in [9.17, 15) is 14.3 Å². The number of nitrogens with zero attached hydrogens (tertiary/aromatic N) is 2. The Bertz CT molecular complexity index is 1270. The average Bonchev–Trinajstić information content (AvgIpc) is 3.21. The molecule has 0 spiro atoms. The minimum absolute atomic E-state index is 0.222. The van der Waals surface area contributed by atoms with Crippen molar-refractivity contribution in [1.29, 1.82) is 0 Å². The van der Waals surface area contributed by atoms with Crippen LogP contribution in [-0.2, 0) is 0 Å². The van der Waals surface area contributed by atoms with Crippen LogP contribution in [0.2, 0.25) is 0 Å². The van der Waals surface area contributed by atoms with Gasteiger partial charge in [0.15, 0.2) is 0 Å². The lowest BCUT2D eigenvalue weighted by Crippen LogP contribution is -2.19. The van der Waals surface area contributed by atoms with Crippen LogP contribution >= 0.6 is 0 Å². The first kappa shape index (κ1) is 19.7. The van der Waals surface area contributed by atoms with E-state index in [1.807, 2.05) is 12.3 Å². The average molecular weight is 417 g/mol. The first-order chi connectivity index (χ1) is 15.0. The molecule has 2 aromatic heterocycles. The van der Waals surface area contributed by atoms with E-state index >= 15 is 0 Å². The van der Waals surface area contributed by atoms with E-state index in [0.717, 1.165) is 53.4 Å². The number of hydrogen-bond donors (Lipinski definition) is 2. The van der Waals surface area contributed by atoms with E-state index in [1.165, 1.54) is 11.6 Å². The Labute approximate surface area is 179 Å². The molecular formula is C25H24FN3O2. The molecule has 0 unspecified atom stereocenters. The van der Waals surface area contributed by atoms with E-state index in [1.54, 1.807) is 30.3 Å². The van der Waals surface area contributed by atoms with Gasteiger partial charge < -0.3 is 10.1 Å². The molecule has 1 fully saturated rings. The van der Waals surface area contributed by atoms with Gasteiger partial charge in [-0.3, -0.25) is 4.98 Å². The fourth-order valence-corrected chi connectivity index (χ4v) is 5.03. The summed E-state index contributed by atoms with van der Waals surface area (Å²) < 4.78 is 13.8. The van der Waals surface area contributed by atoms with E-state index in [2.05, 4.69) is 16.9 Å². The van der Waals surface area contributed by atoms with Gasteiger partial charge in [0.25, 0.3) is 0 Å². The van der Waals surface area contributed by atoms with Crippen molar-refractivity contribution in [2.75, 3.05) is 0 Å². The number of nitrogens with one attached hydrogen (secondary N) is 1. The summed E-state index contributed by atoms with van der Waals surface area (Å²) in [4.78, 5) is 23.7. The summed E-state index contributed by atoms with van der Waals surface area (Å²) in [5.41, 5.74) is 3.86. The molecule has 0 saturated heterocycles. The quantitative estimate of drug-likeness (QED) is 0.425. The van der Waals surface area contributed by atoms with E-state index in [4.69, 9.17) is 4.98 Å².